The minimum Gasteiger partial charge on any atom is -0.398 e. The van der Waals surface area contributed by atoms with Crippen molar-refractivity contribution < 1.29 is 13.2 Å². The molecule has 1 aromatic rings. The second-order valence-corrected chi connectivity index (χ2v) is 7.57. The van der Waals surface area contributed by atoms with Gasteiger partial charge in [-0.2, -0.15) is 0 Å². The van der Waals surface area contributed by atoms with Crippen molar-refractivity contribution in [1.29, 1.82) is 0 Å². The molecule has 0 bridgehead atoms. The van der Waals surface area contributed by atoms with E-state index in [9.17, 15) is 8.42 Å². The van der Waals surface area contributed by atoms with E-state index in [2.05, 4.69) is 20.7 Å². The molecule has 0 atom stereocenters. The molecule has 0 fully saturated rings. The number of nitrogen functional groups attached to an aromatic ring is 1. The Balaban J connectivity index is 3.18. The largest absolute Gasteiger partial charge is 0.398 e. The molecule has 0 saturated heterocycles. The van der Waals surface area contributed by atoms with Gasteiger partial charge < -0.3 is 10.5 Å². The molecule has 0 radical (unpaired) electrons. The number of benzene rings is 1. The summed E-state index contributed by atoms with van der Waals surface area (Å²) in [5.74, 6) is 0. The second kappa shape index (κ2) is 5.78. The highest BCUT2D eigenvalue weighted by Gasteiger charge is 2.27. The average Bonchev–Trinajstić information content (AvgIpc) is 2.21. The zero-order valence-corrected chi connectivity index (χ0v) is 13.9. The lowest BCUT2D eigenvalue weighted by Gasteiger charge is -2.25. The third kappa shape index (κ3) is 4.17. The maximum atomic E-state index is 12.4. The van der Waals surface area contributed by atoms with Crippen molar-refractivity contribution in [3.8, 4) is 0 Å². The van der Waals surface area contributed by atoms with Crippen LogP contribution >= 0.6 is 15.9 Å². The molecule has 19 heavy (non-hydrogen) atoms. The van der Waals surface area contributed by atoms with E-state index in [1.807, 2.05) is 0 Å². The minimum atomic E-state index is -3.64. The van der Waals surface area contributed by atoms with Gasteiger partial charge in [-0.05, 0) is 54.4 Å². The van der Waals surface area contributed by atoms with Crippen LogP contribution in [0.25, 0.3) is 0 Å². The summed E-state index contributed by atoms with van der Waals surface area (Å²) >= 11 is 3.27. The van der Waals surface area contributed by atoms with Crippen molar-refractivity contribution in [3.05, 3.63) is 22.2 Å². The van der Waals surface area contributed by atoms with Gasteiger partial charge in [-0.15, -0.1) is 0 Å². The number of anilines is 1. The summed E-state index contributed by atoms with van der Waals surface area (Å²) < 4.78 is 33.0. The third-order valence-corrected chi connectivity index (χ3v) is 5.03. The van der Waals surface area contributed by atoms with Crippen LogP contribution in [-0.2, 0) is 14.8 Å². The number of hydrogen-bond donors (Lipinski definition) is 2. The van der Waals surface area contributed by atoms with Crippen LogP contribution in [0, 0.1) is 6.92 Å². The maximum absolute atomic E-state index is 12.4. The molecule has 0 aliphatic heterocycles. The molecule has 1 aromatic carbocycles. The van der Waals surface area contributed by atoms with E-state index in [-0.39, 0.29) is 11.5 Å². The van der Waals surface area contributed by atoms with Gasteiger partial charge in [0, 0.05) is 17.3 Å². The second-order valence-electron chi connectivity index (χ2n) is 5.06. The highest BCUT2D eigenvalue weighted by molar-refractivity contribution is 9.10. The Labute approximate surface area is 122 Å². The predicted octanol–water partition coefficient (Wildman–Crippen LogP) is 2.04. The van der Waals surface area contributed by atoms with Crippen molar-refractivity contribution in [3.63, 3.8) is 0 Å². The molecule has 0 aliphatic rings. The number of ether oxygens (including phenoxy) is 1. The first-order valence-corrected chi connectivity index (χ1v) is 7.95. The Kier molecular flexibility index (Phi) is 5.00. The lowest BCUT2D eigenvalue weighted by molar-refractivity contribution is 0.141. The molecular formula is C12H19BrN2O3S. The summed E-state index contributed by atoms with van der Waals surface area (Å²) in [6.07, 6.45) is 0. The summed E-state index contributed by atoms with van der Waals surface area (Å²) in [4.78, 5) is 0.178. The molecule has 3 N–H and O–H groups in total. The van der Waals surface area contributed by atoms with Crippen LogP contribution in [-0.4, -0.2) is 27.7 Å². The van der Waals surface area contributed by atoms with Gasteiger partial charge in [0.2, 0.25) is 10.0 Å². The number of rotatable bonds is 5. The predicted molar refractivity (Wildman–Crippen MR) is 79.6 cm³/mol. The Bertz CT molecular complexity index is 571. The zero-order chi connectivity index (χ0) is 14.8. The lowest BCUT2D eigenvalue weighted by Crippen LogP contribution is -2.46. The van der Waals surface area contributed by atoms with Gasteiger partial charge in [-0.1, -0.05) is 0 Å². The van der Waals surface area contributed by atoms with Crippen LogP contribution in [0.1, 0.15) is 19.4 Å². The highest BCUT2D eigenvalue weighted by atomic mass is 79.9. The fourth-order valence-corrected chi connectivity index (χ4v) is 3.89. The molecule has 0 spiro atoms. The van der Waals surface area contributed by atoms with Crippen LogP contribution < -0.4 is 10.5 Å². The number of methoxy groups -OCH3 is 1. The summed E-state index contributed by atoms with van der Waals surface area (Å²) in [5, 5.41) is 0. The third-order valence-electron chi connectivity index (χ3n) is 2.50. The summed E-state index contributed by atoms with van der Waals surface area (Å²) in [7, 11) is -2.11. The molecule has 108 valence electrons. The summed E-state index contributed by atoms with van der Waals surface area (Å²) in [5.41, 5.74) is 6.06. The van der Waals surface area contributed by atoms with Gasteiger partial charge in [0.1, 0.15) is 0 Å². The molecule has 0 amide bonds. The van der Waals surface area contributed by atoms with E-state index in [0.29, 0.717) is 15.7 Å². The van der Waals surface area contributed by atoms with Gasteiger partial charge in [0.05, 0.1) is 17.0 Å². The molecule has 7 heteroatoms. The topological polar surface area (TPSA) is 81.4 Å². The van der Waals surface area contributed by atoms with E-state index < -0.39 is 15.6 Å². The first kappa shape index (κ1) is 16.4. The SMILES string of the molecule is COCC(C)(C)NS(=O)(=O)c1cc(N)c(Br)cc1C. The molecule has 0 unspecified atom stereocenters. The molecule has 5 nitrogen and oxygen atoms in total. The monoisotopic (exact) mass is 350 g/mol. The van der Waals surface area contributed by atoms with E-state index in [1.54, 1.807) is 26.8 Å². The highest BCUT2D eigenvalue weighted by Crippen LogP contribution is 2.27. The van der Waals surface area contributed by atoms with Crippen molar-refractivity contribution >= 4 is 31.6 Å². The van der Waals surface area contributed by atoms with Crippen LogP contribution in [0.3, 0.4) is 0 Å². The molecule has 1 rings (SSSR count). The molecule has 0 aliphatic carbocycles. The van der Waals surface area contributed by atoms with Gasteiger partial charge in [-0.25, -0.2) is 13.1 Å². The van der Waals surface area contributed by atoms with Gasteiger partial charge >= 0.3 is 0 Å². The van der Waals surface area contributed by atoms with Crippen LogP contribution in [0.2, 0.25) is 0 Å². The maximum Gasteiger partial charge on any atom is 0.241 e. The van der Waals surface area contributed by atoms with Crippen LogP contribution in [0.4, 0.5) is 5.69 Å². The van der Waals surface area contributed by atoms with Crippen molar-refractivity contribution in [2.75, 3.05) is 19.5 Å². The first-order valence-electron chi connectivity index (χ1n) is 5.67. The molecule has 0 saturated carbocycles. The van der Waals surface area contributed by atoms with E-state index in [4.69, 9.17) is 10.5 Å². The first-order chi connectivity index (χ1) is 8.59. The number of sulfonamides is 1. The van der Waals surface area contributed by atoms with Gasteiger partial charge in [0.15, 0.2) is 0 Å². The average molecular weight is 351 g/mol. The van der Waals surface area contributed by atoms with Crippen LogP contribution in [0.15, 0.2) is 21.5 Å². The van der Waals surface area contributed by atoms with E-state index in [0.717, 1.165) is 0 Å². The summed E-state index contributed by atoms with van der Waals surface area (Å²) in [6.45, 7) is 5.51. The Hall–Kier alpha value is -0.630. The van der Waals surface area contributed by atoms with Crippen LogP contribution in [0.5, 0.6) is 0 Å². The van der Waals surface area contributed by atoms with Gasteiger partial charge in [0.25, 0.3) is 0 Å². The Morgan fingerprint density at radius 2 is 2.00 bits per heavy atom. The molecule has 0 aromatic heterocycles. The Morgan fingerprint density at radius 3 is 2.53 bits per heavy atom. The standard InChI is InChI=1S/C12H19BrN2O3S/c1-8-5-9(13)10(14)6-11(8)19(16,17)15-12(2,3)7-18-4/h5-6,15H,7,14H2,1-4H3. The number of halogens is 1. The fraction of sp³-hybridized carbons (Fsp3) is 0.500. The normalized spacial score (nSPS) is 12.7. The minimum absolute atomic E-state index is 0.178. The van der Waals surface area contributed by atoms with E-state index >= 15 is 0 Å². The fourth-order valence-electron chi connectivity index (χ4n) is 1.77. The van der Waals surface area contributed by atoms with Crippen molar-refractivity contribution in [1.82, 2.24) is 4.72 Å². The lowest BCUT2D eigenvalue weighted by atomic mass is 10.1. The smallest absolute Gasteiger partial charge is 0.241 e. The number of hydrogen-bond acceptors (Lipinski definition) is 4. The van der Waals surface area contributed by atoms with Crippen molar-refractivity contribution in [2.24, 2.45) is 0 Å². The van der Waals surface area contributed by atoms with Crippen molar-refractivity contribution in [2.45, 2.75) is 31.2 Å². The zero-order valence-electron chi connectivity index (χ0n) is 11.5. The number of nitrogens with one attached hydrogen (secondary N) is 1. The quantitative estimate of drug-likeness (QED) is 0.796. The molecule has 0 heterocycles. The van der Waals surface area contributed by atoms with Gasteiger partial charge in [-0.3, -0.25) is 0 Å². The Morgan fingerprint density at radius 1 is 1.42 bits per heavy atom. The van der Waals surface area contributed by atoms with E-state index in [1.165, 1.54) is 13.2 Å². The number of aryl methyl sites for hydroxylation is 1. The number of nitrogens with two attached hydrogens (primary N) is 1. The summed E-state index contributed by atoms with van der Waals surface area (Å²) in [6, 6.07) is 3.14. The molecular weight excluding hydrogens is 332 g/mol.